The molecule has 140 valence electrons. The maximum atomic E-state index is 5.40. The number of hydrogen-bond donors (Lipinski definition) is 2. The van der Waals surface area contributed by atoms with Gasteiger partial charge in [0.2, 0.25) is 0 Å². The van der Waals surface area contributed by atoms with Crippen LogP contribution in [0.3, 0.4) is 0 Å². The van der Waals surface area contributed by atoms with Crippen molar-refractivity contribution in [2.24, 2.45) is 4.99 Å². The van der Waals surface area contributed by atoms with E-state index in [1.54, 1.807) is 26.7 Å². The molecule has 1 aromatic heterocycles. The van der Waals surface area contributed by atoms with Gasteiger partial charge in [0.1, 0.15) is 5.75 Å². The Morgan fingerprint density at radius 1 is 1.07 bits per heavy atom. The number of nitrogens with zero attached hydrogens (tertiary/aromatic N) is 3. The smallest absolute Gasteiger partial charge is 0.191 e. The molecule has 0 amide bonds. The molecular formula is C21H25N5O. The summed E-state index contributed by atoms with van der Waals surface area (Å²) in [5, 5.41) is 6.73. The van der Waals surface area contributed by atoms with Crippen LogP contribution >= 0.6 is 0 Å². The van der Waals surface area contributed by atoms with E-state index < -0.39 is 0 Å². The van der Waals surface area contributed by atoms with Crippen molar-refractivity contribution in [2.45, 2.75) is 13.0 Å². The van der Waals surface area contributed by atoms with Crippen LogP contribution in [0.2, 0.25) is 0 Å². The van der Waals surface area contributed by atoms with Crippen molar-refractivity contribution in [3.05, 3.63) is 78.4 Å². The zero-order chi connectivity index (χ0) is 18.9. The fourth-order valence-electron chi connectivity index (χ4n) is 2.94. The summed E-state index contributed by atoms with van der Waals surface area (Å²) in [6.07, 6.45) is 6.39. The van der Waals surface area contributed by atoms with Crippen molar-refractivity contribution >= 4 is 5.96 Å². The quantitative estimate of drug-likeness (QED) is 0.500. The SMILES string of the molecule is CN=C(NCCc1ccccc1OC)NCc1ccccc1-n1ccnc1. The number of aliphatic imine (C=N–C) groups is 1. The van der Waals surface area contributed by atoms with Gasteiger partial charge in [-0.15, -0.1) is 0 Å². The van der Waals surface area contributed by atoms with Crippen LogP contribution in [0.25, 0.3) is 5.69 Å². The Labute approximate surface area is 159 Å². The molecule has 0 radical (unpaired) electrons. The third-order valence-corrected chi connectivity index (χ3v) is 4.32. The van der Waals surface area contributed by atoms with Crippen molar-refractivity contribution in [2.75, 3.05) is 20.7 Å². The zero-order valence-electron chi connectivity index (χ0n) is 15.7. The molecule has 1 heterocycles. The van der Waals surface area contributed by atoms with Crippen LogP contribution in [0.1, 0.15) is 11.1 Å². The third kappa shape index (κ3) is 4.88. The van der Waals surface area contributed by atoms with E-state index in [9.17, 15) is 0 Å². The first-order chi connectivity index (χ1) is 13.3. The highest BCUT2D eigenvalue weighted by molar-refractivity contribution is 5.79. The van der Waals surface area contributed by atoms with Gasteiger partial charge in [0, 0.05) is 32.5 Å². The molecule has 6 heteroatoms. The van der Waals surface area contributed by atoms with E-state index in [4.69, 9.17) is 4.74 Å². The predicted octanol–water partition coefficient (Wildman–Crippen LogP) is 2.79. The van der Waals surface area contributed by atoms with Crippen LogP contribution in [-0.2, 0) is 13.0 Å². The highest BCUT2D eigenvalue weighted by Gasteiger charge is 2.06. The maximum Gasteiger partial charge on any atom is 0.191 e. The number of ether oxygens (including phenoxy) is 1. The lowest BCUT2D eigenvalue weighted by atomic mass is 10.1. The summed E-state index contributed by atoms with van der Waals surface area (Å²) in [7, 11) is 3.48. The Hall–Kier alpha value is -3.28. The number of nitrogens with one attached hydrogen (secondary N) is 2. The summed E-state index contributed by atoms with van der Waals surface area (Å²) in [5.74, 6) is 1.68. The van der Waals surface area contributed by atoms with Crippen molar-refractivity contribution in [3.8, 4) is 11.4 Å². The number of para-hydroxylation sites is 2. The van der Waals surface area contributed by atoms with Crippen LogP contribution in [0.5, 0.6) is 5.75 Å². The highest BCUT2D eigenvalue weighted by atomic mass is 16.5. The summed E-state index contributed by atoms with van der Waals surface area (Å²) >= 11 is 0. The average Bonchev–Trinajstić information content (AvgIpc) is 3.25. The summed E-state index contributed by atoms with van der Waals surface area (Å²) in [5.41, 5.74) is 3.45. The fourth-order valence-corrected chi connectivity index (χ4v) is 2.94. The third-order valence-electron chi connectivity index (χ3n) is 4.32. The first-order valence-electron chi connectivity index (χ1n) is 8.94. The van der Waals surface area contributed by atoms with Gasteiger partial charge in [-0.1, -0.05) is 36.4 Å². The standard InChI is InChI=1S/C21H25N5O/c1-22-21(24-12-11-17-7-4-6-10-20(17)27-2)25-15-18-8-3-5-9-19(18)26-14-13-23-16-26/h3-10,13-14,16H,11-12,15H2,1-2H3,(H2,22,24,25). The number of guanidine groups is 1. The lowest BCUT2D eigenvalue weighted by molar-refractivity contribution is 0.409. The van der Waals surface area contributed by atoms with E-state index in [-0.39, 0.29) is 0 Å². The Morgan fingerprint density at radius 3 is 2.59 bits per heavy atom. The minimum absolute atomic E-state index is 0.669. The largest absolute Gasteiger partial charge is 0.496 e. The molecule has 0 bridgehead atoms. The Morgan fingerprint density at radius 2 is 1.85 bits per heavy atom. The van der Waals surface area contributed by atoms with E-state index in [0.717, 1.165) is 30.4 Å². The van der Waals surface area contributed by atoms with E-state index in [2.05, 4.69) is 38.8 Å². The molecule has 2 N–H and O–H groups in total. The molecule has 0 unspecified atom stereocenters. The molecule has 0 aliphatic rings. The van der Waals surface area contributed by atoms with Gasteiger partial charge in [0.05, 0.1) is 19.1 Å². The molecule has 0 aliphatic carbocycles. The lowest BCUT2D eigenvalue weighted by Gasteiger charge is -2.15. The second-order valence-electron chi connectivity index (χ2n) is 6.01. The van der Waals surface area contributed by atoms with Crippen molar-refractivity contribution in [1.82, 2.24) is 20.2 Å². The number of methoxy groups -OCH3 is 1. The lowest BCUT2D eigenvalue weighted by Crippen LogP contribution is -2.38. The molecular weight excluding hydrogens is 338 g/mol. The summed E-state index contributed by atoms with van der Waals surface area (Å²) < 4.78 is 7.41. The molecule has 0 saturated heterocycles. The maximum absolute atomic E-state index is 5.40. The van der Waals surface area contributed by atoms with E-state index >= 15 is 0 Å². The second-order valence-corrected chi connectivity index (χ2v) is 6.01. The van der Waals surface area contributed by atoms with Gasteiger partial charge in [-0.25, -0.2) is 4.98 Å². The number of aromatic nitrogens is 2. The second kappa shape index (κ2) is 9.43. The van der Waals surface area contributed by atoms with Gasteiger partial charge in [0.25, 0.3) is 0 Å². The normalized spacial score (nSPS) is 11.3. The van der Waals surface area contributed by atoms with E-state index in [1.165, 1.54) is 11.1 Å². The summed E-state index contributed by atoms with van der Waals surface area (Å²) in [6.45, 7) is 1.44. The zero-order valence-corrected chi connectivity index (χ0v) is 15.7. The van der Waals surface area contributed by atoms with Crippen LogP contribution in [0.4, 0.5) is 0 Å². The molecule has 0 spiro atoms. The van der Waals surface area contributed by atoms with Crippen LogP contribution in [0.15, 0.2) is 72.2 Å². The Bertz CT molecular complexity index is 874. The number of imidazole rings is 1. The Kier molecular flexibility index (Phi) is 6.46. The van der Waals surface area contributed by atoms with E-state index in [0.29, 0.717) is 6.54 Å². The van der Waals surface area contributed by atoms with Gasteiger partial charge in [0.15, 0.2) is 5.96 Å². The molecule has 0 atom stereocenters. The van der Waals surface area contributed by atoms with Crippen LogP contribution in [-0.4, -0.2) is 36.2 Å². The van der Waals surface area contributed by atoms with Gasteiger partial charge in [-0.05, 0) is 29.7 Å². The molecule has 3 rings (SSSR count). The predicted molar refractivity (Wildman–Crippen MR) is 108 cm³/mol. The Balaban J connectivity index is 1.56. The molecule has 0 saturated carbocycles. The topological polar surface area (TPSA) is 63.5 Å². The van der Waals surface area contributed by atoms with Crippen LogP contribution < -0.4 is 15.4 Å². The van der Waals surface area contributed by atoms with Crippen molar-refractivity contribution < 1.29 is 4.74 Å². The summed E-state index contributed by atoms with van der Waals surface area (Å²) in [6, 6.07) is 16.3. The molecule has 3 aromatic rings. The molecule has 2 aromatic carbocycles. The fraction of sp³-hybridized carbons (Fsp3) is 0.238. The molecule has 27 heavy (non-hydrogen) atoms. The molecule has 0 aliphatic heterocycles. The minimum Gasteiger partial charge on any atom is -0.496 e. The first-order valence-corrected chi connectivity index (χ1v) is 8.94. The van der Waals surface area contributed by atoms with Crippen molar-refractivity contribution in [1.29, 1.82) is 0 Å². The van der Waals surface area contributed by atoms with E-state index in [1.807, 2.05) is 41.1 Å². The highest BCUT2D eigenvalue weighted by Crippen LogP contribution is 2.17. The van der Waals surface area contributed by atoms with Gasteiger partial charge in [-0.2, -0.15) is 0 Å². The average molecular weight is 363 g/mol. The minimum atomic E-state index is 0.669. The molecule has 6 nitrogen and oxygen atoms in total. The van der Waals surface area contributed by atoms with Gasteiger partial charge >= 0.3 is 0 Å². The number of hydrogen-bond acceptors (Lipinski definition) is 3. The number of benzene rings is 2. The summed E-state index contributed by atoms with van der Waals surface area (Å²) in [4.78, 5) is 8.44. The van der Waals surface area contributed by atoms with Crippen molar-refractivity contribution in [3.63, 3.8) is 0 Å². The van der Waals surface area contributed by atoms with Gasteiger partial charge in [-0.3, -0.25) is 4.99 Å². The monoisotopic (exact) mass is 363 g/mol. The number of rotatable bonds is 7. The molecule has 0 fully saturated rings. The first kappa shape index (κ1) is 18.5. The van der Waals surface area contributed by atoms with Crippen LogP contribution in [0, 0.1) is 0 Å². The van der Waals surface area contributed by atoms with Gasteiger partial charge < -0.3 is 19.9 Å².